The molecule has 0 aliphatic heterocycles. The fourth-order valence-corrected chi connectivity index (χ4v) is 3.25. The quantitative estimate of drug-likeness (QED) is 0.653. The number of alkyl halides is 6. The molecule has 148 valence electrons. The highest BCUT2D eigenvalue weighted by molar-refractivity contribution is 7.13. The standard InChI is InChI=1S/C17H15F6NO2S/c1-15(2,3)14-24-11(12(27-14)13(25)26)6-8-4-9(16(18,19)20)7-10(5-8)17(21,22)23/h4-5,7H,6H2,1-3H3,(H,25,26). The van der Waals surface area contributed by atoms with Gasteiger partial charge in [0.2, 0.25) is 0 Å². The summed E-state index contributed by atoms with van der Waals surface area (Å²) >= 11 is 0.858. The molecule has 3 nitrogen and oxygen atoms in total. The lowest BCUT2D eigenvalue weighted by Gasteiger charge is -2.14. The molecule has 0 saturated heterocycles. The van der Waals surface area contributed by atoms with Crippen LogP contribution in [0.25, 0.3) is 0 Å². The van der Waals surface area contributed by atoms with Crippen LogP contribution in [0.5, 0.6) is 0 Å². The zero-order chi connectivity index (χ0) is 20.8. The minimum absolute atomic E-state index is 0.0310. The summed E-state index contributed by atoms with van der Waals surface area (Å²) in [6.07, 6.45) is -10.4. The van der Waals surface area contributed by atoms with Crippen molar-refractivity contribution in [2.45, 2.75) is 45.0 Å². The Kier molecular flexibility index (Phi) is 5.35. The molecule has 0 radical (unpaired) electrons. The maximum atomic E-state index is 13.0. The van der Waals surface area contributed by atoms with Gasteiger partial charge in [-0.05, 0) is 23.8 Å². The normalized spacial score (nSPS) is 13.1. The lowest BCUT2D eigenvalue weighted by Crippen LogP contribution is -2.12. The zero-order valence-corrected chi connectivity index (χ0v) is 15.2. The molecule has 0 atom stereocenters. The van der Waals surface area contributed by atoms with Crippen molar-refractivity contribution in [3.63, 3.8) is 0 Å². The molecule has 0 spiro atoms. The summed E-state index contributed by atoms with van der Waals surface area (Å²) < 4.78 is 77.8. The summed E-state index contributed by atoms with van der Waals surface area (Å²) in [5.41, 5.74) is -3.79. The number of carboxylic acids is 1. The Morgan fingerprint density at radius 3 is 1.85 bits per heavy atom. The van der Waals surface area contributed by atoms with Crippen LogP contribution < -0.4 is 0 Å². The number of aromatic carboxylic acids is 1. The van der Waals surface area contributed by atoms with Crippen molar-refractivity contribution in [3.8, 4) is 0 Å². The Hall–Kier alpha value is -2.10. The van der Waals surface area contributed by atoms with Crippen LogP contribution in [-0.4, -0.2) is 16.1 Å². The molecular formula is C17H15F6NO2S. The van der Waals surface area contributed by atoms with E-state index in [1.54, 1.807) is 20.8 Å². The van der Waals surface area contributed by atoms with E-state index in [-0.39, 0.29) is 22.2 Å². The molecule has 1 aromatic heterocycles. The predicted molar refractivity (Wildman–Crippen MR) is 87.0 cm³/mol. The summed E-state index contributed by atoms with van der Waals surface area (Å²) in [6.45, 7) is 5.31. The van der Waals surface area contributed by atoms with Crippen LogP contribution in [0.15, 0.2) is 18.2 Å². The van der Waals surface area contributed by atoms with Crippen LogP contribution in [0.2, 0.25) is 0 Å². The van der Waals surface area contributed by atoms with Crippen molar-refractivity contribution in [2.24, 2.45) is 0 Å². The minimum atomic E-state index is -4.97. The molecule has 0 fully saturated rings. The first-order valence-electron chi connectivity index (χ1n) is 7.61. The number of aromatic nitrogens is 1. The number of carboxylic acid groups (broad SMARTS) is 1. The molecule has 0 aliphatic rings. The van der Waals surface area contributed by atoms with Crippen LogP contribution in [0.3, 0.4) is 0 Å². The van der Waals surface area contributed by atoms with E-state index in [0.717, 1.165) is 11.3 Å². The molecule has 1 heterocycles. The maximum Gasteiger partial charge on any atom is 0.416 e. The van der Waals surface area contributed by atoms with Gasteiger partial charge in [0.1, 0.15) is 4.88 Å². The highest BCUT2D eigenvalue weighted by Gasteiger charge is 2.37. The van der Waals surface area contributed by atoms with Crippen LogP contribution in [0.4, 0.5) is 26.3 Å². The molecule has 1 N–H and O–H groups in total. The van der Waals surface area contributed by atoms with E-state index in [0.29, 0.717) is 17.1 Å². The number of thiazole rings is 1. The highest BCUT2D eigenvalue weighted by atomic mass is 32.1. The Morgan fingerprint density at radius 2 is 1.48 bits per heavy atom. The van der Waals surface area contributed by atoms with E-state index < -0.39 is 41.3 Å². The molecule has 2 aromatic rings. The van der Waals surface area contributed by atoms with Gasteiger partial charge >= 0.3 is 18.3 Å². The van der Waals surface area contributed by atoms with Gasteiger partial charge in [0.15, 0.2) is 0 Å². The molecule has 0 amide bonds. The summed E-state index contributed by atoms with van der Waals surface area (Å²) in [4.78, 5) is 15.4. The third-order valence-corrected chi connectivity index (χ3v) is 5.06. The number of nitrogens with zero attached hydrogens (tertiary/aromatic N) is 1. The maximum absolute atomic E-state index is 13.0. The van der Waals surface area contributed by atoms with E-state index in [4.69, 9.17) is 0 Å². The van der Waals surface area contributed by atoms with Crippen LogP contribution >= 0.6 is 11.3 Å². The molecule has 1 aromatic carbocycles. The van der Waals surface area contributed by atoms with E-state index in [1.807, 2.05) is 0 Å². The average molecular weight is 411 g/mol. The van der Waals surface area contributed by atoms with Gasteiger partial charge in [-0.2, -0.15) is 26.3 Å². The van der Waals surface area contributed by atoms with E-state index in [1.165, 1.54) is 0 Å². The third kappa shape index (κ3) is 5.00. The lowest BCUT2D eigenvalue weighted by molar-refractivity contribution is -0.143. The molecule has 27 heavy (non-hydrogen) atoms. The van der Waals surface area contributed by atoms with Crippen molar-refractivity contribution in [2.75, 3.05) is 0 Å². The van der Waals surface area contributed by atoms with Gasteiger partial charge in [0, 0.05) is 11.8 Å². The van der Waals surface area contributed by atoms with Gasteiger partial charge in [-0.3, -0.25) is 0 Å². The van der Waals surface area contributed by atoms with Gasteiger partial charge in [-0.1, -0.05) is 20.8 Å². The summed E-state index contributed by atoms with van der Waals surface area (Å²) in [5, 5.41) is 9.73. The van der Waals surface area contributed by atoms with E-state index in [2.05, 4.69) is 4.98 Å². The van der Waals surface area contributed by atoms with Crippen molar-refractivity contribution in [3.05, 3.63) is 50.5 Å². The molecule has 0 unspecified atom stereocenters. The first kappa shape index (κ1) is 21.2. The average Bonchev–Trinajstić information content (AvgIpc) is 2.89. The predicted octanol–water partition coefficient (Wildman–Crippen LogP) is 5.77. The van der Waals surface area contributed by atoms with Crippen molar-refractivity contribution in [1.29, 1.82) is 0 Å². The van der Waals surface area contributed by atoms with Crippen LogP contribution in [-0.2, 0) is 24.2 Å². The molecule has 0 bridgehead atoms. The number of hydrogen-bond donors (Lipinski definition) is 1. The van der Waals surface area contributed by atoms with Crippen LogP contribution in [0, 0.1) is 0 Å². The first-order valence-corrected chi connectivity index (χ1v) is 8.42. The number of halogens is 6. The smallest absolute Gasteiger partial charge is 0.416 e. The van der Waals surface area contributed by atoms with Gasteiger partial charge in [0.25, 0.3) is 0 Å². The van der Waals surface area contributed by atoms with Gasteiger partial charge in [-0.15, -0.1) is 11.3 Å². The van der Waals surface area contributed by atoms with Gasteiger partial charge in [0.05, 0.1) is 21.8 Å². The summed E-state index contributed by atoms with van der Waals surface area (Å²) in [5.74, 6) is -1.33. The minimum Gasteiger partial charge on any atom is -0.477 e. The number of benzene rings is 1. The monoisotopic (exact) mass is 411 g/mol. The zero-order valence-electron chi connectivity index (χ0n) is 14.4. The molecule has 0 saturated carbocycles. The van der Waals surface area contributed by atoms with Crippen molar-refractivity contribution < 1.29 is 36.2 Å². The second-order valence-corrected chi connectivity index (χ2v) is 7.94. The van der Waals surface area contributed by atoms with E-state index >= 15 is 0 Å². The largest absolute Gasteiger partial charge is 0.477 e. The molecule has 10 heteroatoms. The fourth-order valence-electron chi connectivity index (χ4n) is 2.27. The second-order valence-electron chi connectivity index (χ2n) is 6.94. The summed E-state index contributed by atoms with van der Waals surface area (Å²) in [7, 11) is 0. The Bertz CT molecular complexity index is 830. The SMILES string of the molecule is CC(C)(C)c1nc(Cc2cc(C(F)(F)F)cc(C(F)(F)F)c2)c(C(=O)O)s1. The van der Waals surface area contributed by atoms with Crippen molar-refractivity contribution in [1.82, 2.24) is 4.98 Å². The first-order chi connectivity index (χ1) is 12.1. The van der Waals surface area contributed by atoms with Gasteiger partial charge in [-0.25, -0.2) is 9.78 Å². The van der Waals surface area contributed by atoms with E-state index in [9.17, 15) is 36.2 Å². The highest BCUT2D eigenvalue weighted by Crippen LogP contribution is 2.37. The topological polar surface area (TPSA) is 50.2 Å². The number of rotatable bonds is 3. The summed E-state index contributed by atoms with van der Waals surface area (Å²) in [6, 6.07) is 1.19. The Morgan fingerprint density at radius 1 is 1.00 bits per heavy atom. The molecular weight excluding hydrogens is 396 g/mol. The van der Waals surface area contributed by atoms with Crippen LogP contribution in [0.1, 0.15) is 57.8 Å². The van der Waals surface area contributed by atoms with Gasteiger partial charge < -0.3 is 5.11 Å². The number of carbonyl (C=O) groups is 1. The molecule has 0 aliphatic carbocycles. The molecule has 2 rings (SSSR count). The second kappa shape index (κ2) is 6.81. The lowest BCUT2D eigenvalue weighted by atomic mass is 9.98. The number of hydrogen-bond acceptors (Lipinski definition) is 3. The third-order valence-electron chi connectivity index (χ3n) is 3.55. The van der Waals surface area contributed by atoms with Crippen molar-refractivity contribution >= 4 is 17.3 Å². The Labute approximate surface area is 154 Å². The fraction of sp³-hybridized carbons (Fsp3) is 0.412. The Balaban J connectivity index is 2.57.